The summed E-state index contributed by atoms with van der Waals surface area (Å²) in [4.78, 5) is 10.6. The third kappa shape index (κ3) is 8.79. The lowest BCUT2D eigenvalue weighted by atomic mass is 10.4. The van der Waals surface area contributed by atoms with Crippen LogP contribution in [-0.4, -0.2) is 16.2 Å². The highest BCUT2D eigenvalue weighted by atomic mass is 79.9. The summed E-state index contributed by atoms with van der Waals surface area (Å²) in [6, 6.07) is 0. The Kier molecular flexibility index (Phi) is 13.1. The summed E-state index contributed by atoms with van der Waals surface area (Å²) < 4.78 is 0. The summed E-state index contributed by atoms with van der Waals surface area (Å²) in [6.07, 6.45) is 2.31. The van der Waals surface area contributed by atoms with Crippen LogP contribution in [0.15, 0.2) is 0 Å². The Morgan fingerprint density at radius 2 is 2.20 bits per heavy atom. The zero-order valence-electron chi connectivity index (χ0n) is 5.93. The molecular weight excluding hydrogens is 235 g/mol. The van der Waals surface area contributed by atoms with Crippen LogP contribution >= 0.6 is 40.1 Å². The van der Waals surface area contributed by atoms with Crippen molar-refractivity contribution in [3.05, 3.63) is 0 Å². The standard InChI is InChI=1S/C6H11BrOS.ClH/c1-2-3-4-9-6(8)5-7;/h2-5H2,1H3;1H. The summed E-state index contributed by atoms with van der Waals surface area (Å²) >= 11 is 4.51. The Morgan fingerprint density at radius 1 is 1.60 bits per heavy atom. The highest BCUT2D eigenvalue weighted by Crippen LogP contribution is 2.06. The zero-order chi connectivity index (χ0) is 7.11. The molecule has 0 saturated heterocycles. The number of carbonyl (C=O) groups excluding carboxylic acids is 1. The number of carbonyl (C=O) groups is 1. The maximum Gasteiger partial charge on any atom is 0.199 e. The Labute approximate surface area is 80.9 Å². The Hall–Kier alpha value is 0.790. The molecule has 0 aromatic carbocycles. The molecule has 0 aromatic heterocycles. The van der Waals surface area contributed by atoms with Crippen molar-refractivity contribution >= 4 is 45.2 Å². The number of thioether (sulfide) groups is 1. The lowest BCUT2D eigenvalue weighted by Gasteiger charge is -1.93. The first-order valence-corrected chi connectivity index (χ1v) is 5.13. The van der Waals surface area contributed by atoms with E-state index in [9.17, 15) is 4.79 Å². The number of rotatable bonds is 4. The lowest BCUT2D eigenvalue weighted by Crippen LogP contribution is -1.92. The van der Waals surface area contributed by atoms with Gasteiger partial charge in [-0.05, 0) is 6.42 Å². The quantitative estimate of drug-likeness (QED) is 0.561. The van der Waals surface area contributed by atoms with Gasteiger partial charge in [0.05, 0.1) is 5.33 Å². The van der Waals surface area contributed by atoms with E-state index in [0.29, 0.717) is 5.33 Å². The third-order valence-electron chi connectivity index (χ3n) is 0.870. The molecule has 0 radical (unpaired) electrons. The smallest absolute Gasteiger partial charge is 0.199 e. The fraction of sp³-hybridized carbons (Fsp3) is 0.833. The molecule has 0 atom stereocenters. The maximum atomic E-state index is 10.6. The second-order valence-electron chi connectivity index (χ2n) is 1.71. The minimum atomic E-state index is 0. The van der Waals surface area contributed by atoms with Crippen molar-refractivity contribution in [1.29, 1.82) is 0 Å². The molecule has 10 heavy (non-hydrogen) atoms. The largest absolute Gasteiger partial charge is 0.286 e. The minimum absolute atomic E-state index is 0. The van der Waals surface area contributed by atoms with Crippen molar-refractivity contribution in [2.45, 2.75) is 19.8 Å². The van der Waals surface area contributed by atoms with Crippen LogP contribution in [0.3, 0.4) is 0 Å². The molecule has 0 aliphatic carbocycles. The van der Waals surface area contributed by atoms with E-state index in [1.807, 2.05) is 0 Å². The maximum absolute atomic E-state index is 10.6. The van der Waals surface area contributed by atoms with Crippen LogP contribution in [0.1, 0.15) is 19.8 Å². The molecule has 1 nitrogen and oxygen atoms in total. The first-order valence-electron chi connectivity index (χ1n) is 3.02. The molecule has 0 saturated carbocycles. The highest BCUT2D eigenvalue weighted by Gasteiger charge is 1.96. The van der Waals surface area contributed by atoms with Gasteiger partial charge in [0.2, 0.25) is 0 Å². The molecule has 0 aliphatic rings. The minimum Gasteiger partial charge on any atom is -0.286 e. The number of halogens is 2. The molecule has 0 N–H and O–H groups in total. The Balaban J connectivity index is 0. The molecule has 0 amide bonds. The number of alkyl halides is 1. The fourth-order valence-corrected chi connectivity index (χ4v) is 1.59. The van der Waals surface area contributed by atoms with Gasteiger partial charge in [-0.25, -0.2) is 0 Å². The molecule has 0 bridgehead atoms. The first kappa shape index (κ1) is 13.4. The molecule has 0 aromatic rings. The summed E-state index contributed by atoms with van der Waals surface area (Å²) in [5.41, 5.74) is 0. The van der Waals surface area contributed by atoms with Crippen LogP contribution < -0.4 is 0 Å². The van der Waals surface area contributed by atoms with E-state index in [1.54, 1.807) is 0 Å². The molecule has 0 fully saturated rings. The van der Waals surface area contributed by atoms with Crippen molar-refractivity contribution in [3.8, 4) is 0 Å². The molecule has 0 rings (SSSR count). The van der Waals surface area contributed by atoms with Crippen LogP contribution in [0.4, 0.5) is 0 Å². The third-order valence-corrected chi connectivity index (χ3v) is 2.71. The highest BCUT2D eigenvalue weighted by molar-refractivity contribution is 9.09. The van der Waals surface area contributed by atoms with Gasteiger partial charge in [0.25, 0.3) is 0 Å². The Morgan fingerprint density at radius 3 is 2.60 bits per heavy atom. The monoisotopic (exact) mass is 246 g/mol. The van der Waals surface area contributed by atoms with E-state index in [1.165, 1.54) is 18.2 Å². The Bertz CT molecular complexity index is 89.8. The predicted octanol–water partition coefficient (Wildman–Crippen LogP) is 2.86. The number of unbranched alkanes of at least 4 members (excludes halogenated alkanes) is 1. The summed E-state index contributed by atoms with van der Waals surface area (Å²) in [5, 5.41) is 0.727. The van der Waals surface area contributed by atoms with Crippen molar-refractivity contribution in [2.24, 2.45) is 0 Å². The van der Waals surface area contributed by atoms with E-state index < -0.39 is 0 Å². The van der Waals surface area contributed by atoms with E-state index in [2.05, 4.69) is 22.9 Å². The normalized spacial score (nSPS) is 8.60. The van der Waals surface area contributed by atoms with Gasteiger partial charge in [-0.1, -0.05) is 41.0 Å². The SMILES string of the molecule is CCCCSC(=O)CBr.Cl. The summed E-state index contributed by atoms with van der Waals surface area (Å²) in [7, 11) is 0. The molecule has 0 unspecified atom stereocenters. The van der Waals surface area contributed by atoms with Gasteiger partial charge in [0.15, 0.2) is 5.12 Å². The molecule has 0 spiro atoms. The number of hydrogen-bond donors (Lipinski definition) is 0. The van der Waals surface area contributed by atoms with Gasteiger partial charge in [-0.2, -0.15) is 0 Å². The van der Waals surface area contributed by atoms with Gasteiger partial charge < -0.3 is 0 Å². The van der Waals surface area contributed by atoms with Crippen LogP contribution in [0, 0.1) is 0 Å². The van der Waals surface area contributed by atoms with Crippen molar-refractivity contribution in [1.82, 2.24) is 0 Å². The van der Waals surface area contributed by atoms with Crippen LogP contribution in [0.5, 0.6) is 0 Å². The molecule has 4 heteroatoms. The van der Waals surface area contributed by atoms with Gasteiger partial charge >= 0.3 is 0 Å². The van der Waals surface area contributed by atoms with Gasteiger partial charge in [-0.3, -0.25) is 4.79 Å². The fourth-order valence-electron chi connectivity index (χ4n) is 0.369. The van der Waals surface area contributed by atoms with Gasteiger partial charge in [-0.15, -0.1) is 12.4 Å². The van der Waals surface area contributed by atoms with Crippen molar-refractivity contribution in [3.63, 3.8) is 0 Å². The molecule has 0 heterocycles. The van der Waals surface area contributed by atoms with E-state index in [0.717, 1.165) is 12.2 Å². The van der Waals surface area contributed by atoms with Gasteiger partial charge in [0, 0.05) is 5.75 Å². The molecule has 62 valence electrons. The van der Waals surface area contributed by atoms with Crippen LogP contribution in [0.2, 0.25) is 0 Å². The van der Waals surface area contributed by atoms with E-state index >= 15 is 0 Å². The van der Waals surface area contributed by atoms with Crippen LogP contribution in [-0.2, 0) is 4.79 Å². The average molecular weight is 248 g/mol. The average Bonchev–Trinajstić information content (AvgIpc) is 1.89. The van der Waals surface area contributed by atoms with Gasteiger partial charge in [0.1, 0.15) is 0 Å². The van der Waals surface area contributed by atoms with Crippen molar-refractivity contribution < 1.29 is 4.79 Å². The summed E-state index contributed by atoms with van der Waals surface area (Å²) in [5.74, 6) is 0.973. The predicted molar refractivity (Wildman–Crippen MR) is 53.4 cm³/mol. The zero-order valence-corrected chi connectivity index (χ0v) is 9.15. The number of hydrogen-bond acceptors (Lipinski definition) is 2. The van der Waals surface area contributed by atoms with Crippen LogP contribution in [0.25, 0.3) is 0 Å². The molecule has 0 aliphatic heterocycles. The topological polar surface area (TPSA) is 17.1 Å². The second kappa shape index (κ2) is 9.79. The first-order chi connectivity index (χ1) is 4.31. The second-order valence-corrected chi connectivity index (χ2v) is 3.42. The van der Waals surface area contributed by atoms with E-state index in [-0.39, 0.29) is 17.5 Å². The van der Waals surface area contributed by atoms with Crippen molar-refractivity contribution in [2.75, 3.05) is 11.1 Å². The lowest BCUT2D eigenvalue weighted by molar-refractivity contribution is -0.108. The summed E-state index contributed by atoms with van der Waals surface area (Å²) in [6.45, 7) is 2.12. The molecular formula is C6H12BrClOS. The van der Waals surface area contributed by atoms with E-state index in [4.69, 9.17) is 0 Å².